The molecule has 0 aromatic carbocycles. The van der Waals surface area contributed by atoms with Crippen LogP contribution >= 0.6 is 0 Å². The molecule has 1 aliphatic rings. The molecule has 4 heteroatoms. The predicted octanol–water partition coefficient (Wildman–Crippen LogP) is 3.33. The zero-order chi connectivity index (χ0) is 15.1. The van der Waals surface area contributed by atoms with Crippen LogP contribution in [0, 0.1) is 0 Å². The summed E-state index contributed by atoms with van der Waals surface area (Å²) in [5, 5.41) is 8.33. The number of hydrogen-bond acceptors (Lipinski definition) is 3. The highest BCUT2D eigenvalue weighted by Gasteiger charge is 2.18. The number of nitrogens with zero attached hydrogens (tertiary/aromatic N) is 2. The third kappa shape index (κ3) is 5.11. The van der Waals surface area contributed by atoms with E-state index in [0.717, 1.165) is 26.0 Å². The second kappa shape index (κ2) is 8.54. The van der Waals surface area contributed by atoms with Gasteiger partial charge in [-0.25, -0.2) is 0 Å². The van der Waals surface area contributed by atoms with Gasteiger partial charge < -0.3 is 10.1 Å². The minimum Gasteiger partial charge on any atom is -0.378 e. The fraction of sp³-hybridized carbons (Fsp3) is 0.824. The number of rotatable bonds is 9. The van der Waals surface area contributed by atoms with E-state index >= 15 is 0 Å². The maximum absolute atomic E-state index is 5.73. The molecule has 2 rings (SSSR count). The van der Waals surface area contributed by atoms with Crippen LogP contribution in [0.3, 0.4) is 0 Å². The summed E-state index contributed by atoms with van der Waals surface area (Å²) < 4.78 is 7.83. The lowest BCUT2D eigenvalue weighted by Gasteiger charge is -2.19. The van der Waals surface area contributed by atoms with Crippen molar-refractivity contribution in [1.82, 2.24) is 15.1 Å². The molecule has 1 aromatic rings. The largest absolute Gasteiger partial charge is 0.378 e. The van der Waals surface area contributed by atoms with Crippen molar-refractivity contribution in [2.45, 2.75) is 77.5 Å². The number of ether oxygens (including phenoxy) is 1. The van der Waals surface area contributed by atoms with Crippen LogP contribution in [-0.2, 0) is 11.2 Å². The Morgan fingerprint density at radius 1 is 1.48 bits per heavy atom. The van der Waals surface area contributed by atoms with Crippen LogP contribution in [0.2, 0.25) is 0 Å². The Hall–Kier alpha value is -0.870. The van der Waals surface area contributed by atoms with Gasteiger partial charge in [-0.05, 0) is 51.6 Å². The molecule has 0 aliphatic carbocycles. The number of aromatic nitrogens is 2. The molecular weight excluding hydrogens is 262 g/mol. The van der Waals surface area contributed by atoms with E-state index in [4.69, 9.17) is 9.84 Å². The standard InChI is InChI=1S/C17H31N3O/c1-4-14(3)20-11-10-16(19-20)13-15(18-5-2)8-9-17-7-6-12-21-17/h10-11,14-15,17-18H,4-9,12-13H2,1-3H3. The van der Waals surface area contributed by atoms with Gasteiger partial charge in [-0.15, -0.1) is 0 Å². The molecule has 0 spiro atoms. The van der Waals surface area contributed by atoms with Gasteiger partial charge in [0.05, 0.1) is 11.8 Å². The molecule has 1 saturated heterocycles. The van der Waals surface area contributed by atoms with Crippen molar-refractivity contribution in [2.24, 2.45) is 0 Å². The first-order valence-electron chi connectivity index (χ1n) is 8.61. The van der Waals surface area contributed by atoms with Crippen LogP contribution in [0.5, 0.6) is 0 Å². The van der Waals surface area contributed by atoms with Crippen LogP contribution in [0.25, 0.3) is 0 Å². The minimum absolute atomic E-state index is 0.489. The van der Waals surface area contributed by atoms with Gasteiger partial charge in [0.1, 0.15) is 0 Å². The van der Waals surface area contributed by atoms with Crippen molar-refractivity contribution < 1.29 is 4.74 Å². The summed E-state index contributed by atoms with van der Waals surface area (Å²) in [6.07, 6.45) is 9.56. The zero-order valence-electron chi connectivity index (χ0n) is 13.8. The molecule has 1 aliphatic heterocycles. The fourth-order valence-corrected chi connectivity index (χ4v) is 3.00. The highest BCUT2D eigenvalue weighted by atomic mass is 16.5. The summed E-state index contributed by atoms with van der Waals surface area (Å²) in [4.78, 5) is 0. The van der Waals surface area contributed by atoms with Gasteiger partial charge in [-0.1, -0.05) is 13.8 Å². The molecule has 21 heavy (non-hydrogen) atoms. The molecule has 1 aromatic heterocycles. The lowest BCUT2D eigenvalue weighted by Crippen LogP contribution is -2.32. The maximum atomic E-state index is 5.73. The monoisotopic (exact) mass is 293 g/mol. The molecule has 3 unspecified atom stereocenters. The molecule has 120 valence electrons. The second-order valence-corrected chi connectivity index (χ2v) is 6.22. The number of likely N-dealkylation sites (N-methyl/N-ethyl adjacent to an activating group) is 1. The second-order valence-electron chi connectivity index (χ2n) is 6.22. The van der Waals surface area contributed by atoms with E-state index in [2.05, 4.69) is 43.0 Å². The lowest BCUT2D eigenvalue weighted by atomic mass is 10.0. The van der Waals surface area contributed by atoms with Gasteiger partial charge >= 0.3 is 0 Å². The van der Waals surface area contributed by atoms with E-state index < -0.39 is 0 Å². The molecular formula is C17H31N3O. The fourth-order valence-electron chi connectivity index (χ4n) is 3.00. The van der Waals surface area contributed by atoms with E-state index in [1.54, 1.807) is 0 Å². The van der Waals surface area contributed by atoms with Crippen LogP contribution in [0.1, 0.15) is 64.6 Å². The van der Waals surface area contributed by atoms with E-state index in [-0.39, 0.29) is 0 Å². The van der Waals surface area contributed by atoms with E-state index in [1.807, 2.05) is 0 Å². The molecule has 3 atom stereocenters. The quantitative estimate of drug-likeness (QED) is 0.759. The average molecular weight is 293 g/mol. The first kappa shape index (κ1) is 16.5. The van der Waals surface area contributed by atoms with Crippen molar-refractivity contribution >= 4 is 0 Å². The Kier molecular flexibility index (Phi) is 6.71. The Balaban J connectivity index is 1.84. The average Bonchev–Trinajstić information content (AvgIpc) is 3.15. The van der Waals surface area contributed by atoms with Crippen molar-refractivity contribution in [3.05, 3.63) is 18.0 Å². The van der Waals surface area contributed by atoms with E-state index in [9.17, 15) is 0 Å². The lowest BCUT2D eigenvalue weighted by molar-refractivity contribution is 0.0996. The van der Waals surface area contributed by atoms with Crippen LogP contribution < -0.4 is 5.32 Å². The molecule has 0 amide bonds. The van der Waals surface area contributed by atoms with Gasteiger partial charge in [0.2, 0.25) is 0 Å². The van der Waals surface area contributed by atoms with Gasteiger partial charge in [-0.3, -0.25) is 4.68 Å². The molecule has 1 N–H and O–H groups in total. The molecule has 0 bridgehead atoms. The molecule has 1 fully saturated rings. The Labute approximate surface area is 129 Å². The SMILES string of the molecule is CCNC(CCC1CCCO1)Cc1ccn(C(C)CC)n1. The number of nitrogens with one attached hydrogen (secondary N) is 1. The molecule has 2 heterocycles. The van der Waals surface area contributed by atoms with Gasteiger partial charge in [0.25, 0.3) is 0 Å². The van der Waals surface area contributed by atoms with Gasteiger partial charge in [0, 0.05) is 31.3 Å². The normalized spacial score (nSPS) is 21.6. The minimum atomic E-state index is 0.489. The summed E-state index contributed by atoms with van der Waals surface area (Å²) in [5.41, 5.74) is 1.20. The van der Waals surface area contributed by atoms with Crippen molar-refractivity contribution in [3.63, 3.8) is 0 Å². The van der Waals surface area contributed by atoms with Crippen LogP contribution in [0.15, 0.2) is 12.3 Å². The van der Waals surface area contributed by atoms with E-state index in [1.165, 1.54) is 31.4 Å². The summed E-state index contributed by atoms with van der Waals surface area (Å²) in [6, 6.07) is 3.17. The van der Waals surface area contributed by atoms with Crippen molar-refractivity contribution in [2.75, 3.05) is 13.2 Å². The smallest absolute Gasteiger partial charge is 0.0640 e. The highest BCUT2D eigenvalue weighted by Crippen LogP contribution is 2.19. The van der Waals surface area contributed by atoms with Crippen LogP contribution in [-0.4, -0.2) is 35.1 Å². The maximum Gasteiger partial charge on any atom is 0.0640 e. The summed E-state index contributed by atoms with van der Waals surface area (Å²) in [6.45, 7) is 8.57. The van der Waals surface area contributed by atoms with Crippen molar-refractivity contribution in [3.8, 4) is 0 Å². The van der Waals surface area contributed by atoms with Crippen molar-refractivity contribution in [1.29, 1.82) is 0 Å². The van der Waals surface area contributed by atoms with Gasteiger partial charge in [-0.2, -0.15) is 5.10 Å². The third-order valence-electron chi connectivity index (χ3n) is 4.52. The van der Waals surface area contributed by atoms with Crippen LogP contribution in [0.4, 0.5) is 0 Å². The van der Waals surface area contributed by atoms with E-state index in [0.29, 0.717) is 18.2 Å². The topological polar surface area (TPSA) is 39.1 Å². The molecule has 0 radical (unpaired) electrons. The summed E-state index contributed by atoms with van der Waals surface area (Å²) >= 11 is 0. The Morgan fingerprint density at radius 3 is 3.00 bits per heavy atom. The summed E-state index contributed by atoms with van der Waals surface area (Å²) in [7, 11) is 0. The highest BCUT2D eigenvalue weighted by molar-refractivity contribution is 5.02. The molecule has 0 saturated carbocycles. The Morgan fingerprint density at radius 2 is 2.33 bits per heavy atom. The third-order valence-corrected chi connectivity index (χ3v) is 4.52. The van der Waals surface area contributed by atoms with Gasteiger partial charge in [0.15, 0.2) is 0 Å². The zero-order valence-corrected chi connectivity index (χ0v) is 13.8. The first-order chi connectivity index (χ1) is 10.2. The first-order valence-corrected chi connectivity index (χ1v) is 8.61. The Bertz CT molecular complexity index is 398. The summed E-state index contributed by atoms with van der Waals surface area (Å²) in [5.74, 6) is 0. The number of hydrogen-bond donors (Lipinski definition) is 1. The predicted molar refractivity (Wildman–Crippen MR) is 86.6 cm³/mol. The molecule has 4 nitrogen and oxygen atoms in total.